The Hall–Kier alpha value is -2.13. The van der Waals surface area contributed by atoms with Crippen LogP contribution in [0.1, 0.15) is 30.0 Å². The van der Waals surface area contributed by atoms with Crippen molar-refractivity contribution in [3.8, 4) is 0 Å². The van der Waals surface area contributed by atoms with Crippen LogP contribution in [-0.4, -0.2) is 12.5 Å². The SMILES string of the molecule is NC(=O)C(NCCCCc1ccccc1)c1ccccc1. The predicted octanol–water partition coefficient (Wildman–Crippen LogP) is 2.83. The molecule has 2 rings (SSSR count). The predicted molar refractivity (Wildman–Crippen MR) is 85.8 cm³/mol. The zero-order valence-electron chi connectivity index (χ0n) is 12.2. The number of benzene rings is 2. The Balaban J connectivity index is 1.74. The number of carbonyl (C=O) groups is 1. The summed E-state index contributed by atoms with van der Waals surface area (Å²) in [5, 5.41) is 3.25. The minimum Gasteiger partial charge on any atom is -0.368 e. The van der Waals surface area contributed by atoms with Crippen LogP contribution in [0.5, 0.6) is 0 Å². The zero-order valence-corrected chi connectivity index (χ0v) is 12.2. The van der Waals surface area contributed by atoms with E-state index in [1.54, 1.807) is 0 Å². The molecule has 0 spiro atoms. The highest BCUT2D eigenvalue weighted by Crippen LogP contribution is 2.12. The number of rotatable bonds is 8. The molecule has 0 bridgehead atoms. The van der Waals surface area contributed by atoms with E-state index in [1.165, 1.54) is 5.56 Å². The van der Waals surface area contributed by atoms with Crippen molar-refractivity contribution in [3.05, 3.63) is 71.8 Å². The summed E-state index contributed by atoms with van der Waals surface area (Å²) in [4.78, 5) is 11.5. The van der Waals surface area contributed by atoms with Crippen LogP contribution >= 0.6 is 0 Å². The van der Waals surface area contributed by atoms with Gasteiger partial charge in [-0.1, -0.05) is 60.7 Å². The van der Waals surface area contributed by atoms with Crippen molar-refractivity contribution in [1.82, 2.24) is 5.32 Å². The lowest BCUT2D eigenvalue weighted by Crippen LogP contribution is -2.34. The first-order chi connectivity index (χ1) is 10.3. The molecule has 0 heterocycles. The molecule has 1 atom stereocenters. The topological polar surface area (TPSA) is 55.1 Å². The van der Waals surface area contributed by atoms with Gasteiger partial charge < -0.3 is 11.1 Å². The lowest BCUT2D eigenvalue weighted by atomic mass is 10.1. The molecule has 3 nitrogen and oxygen atoms in total. The third kappa shape index (κ3) is 5.04. The van der Waals surface area contributed by atoms with E-state index in [0.717, 1.165) is 31.4 Å². The minimum atomic E-state index is -0.400. The first kappa shape index (κ1) is 15.3. The highest BCUT2D eigenvalue weighted by molar-refractivity contribution is 5.81. The van der Waals surface area contributed by atoms with Crippen molar-refractivity contribution in [2.24, 2.45) is 5.73 Å². The molecule has 110 valence electrons. The third-order valence-corrected chi connectivity index (χ3v) is 3.50. The zero-order chi connectivity index (χ0) is 14.9. The molecular weight excluding hydrogens is 260 g/mol. The number of primary amides is 1. The minimum absolute atomic E-state index is 0.329. The van der Waals surface area contributed by atoms with Gasteiger partial charge in [0.1, 0.15) is 6.04 Å². The Kier molecular flexibility index (Phi) is 5.98. The van der Waals surface area contributed by atoms with Crippen LogP contribution in [0.25, 0.3) is 0 Å². The lowest BCUT2D eigenvalue weighted by molar-refractivity contribution is -0.120. The number of nitrogens with one attached hydrogen (secondary N) is 1. The molecule has 0 aliphatic carbocycles. The Labute approximate surface area is 126 Å². The second-order valence-electron chi connectivity index (χ2n) is 5.14. The van der Waals surface area contributed by atoms with Gasteiger partial charge in [0.25, 0.3) is 0 Å². The molecule has 2 aromatic rings. The molecule has 3 N–H and O–H groups in total. The molecule has 0 aromatic heterocycles. The quantitative estimate of drug-likeness (QED) is 0.731. The maximum Gasteiger partial charge on any atom is 0.239 e. The second-order valence-corrected chi connectivity index (χ2v) is 5.14. The van der Waals surface area contributed by atoms with Gasteiger partial charge in [0.2, 0.25) is 5.91 Å². The Morgan fingerprint density at radius 1 is 0.952 bits per heavy atom. The Morgan fingerprint density at radius 2 is 1.57 bits per heavy atom. The summed E-state index contributed by atoms with van der Waals surface area (Å²) in [6, 6.07) is 19.7. The molecular formula is C18H22N2O. The van der Waals surface area contributed by atoms with Crippen molar-refractivity contribution in [2.75, 3.05) is 6.54 Å². The summed E-state index contributed by atoms with van der Waals surface area (Å²) >= 11 is 0. The molecule has 0 aliphatic rings. The molecule has 21 heavy (non-hydrogen) atoms. The molecule has 0 saturated carbocycles. The van der Waals surface area contributed by atoms with Gasteiger partial charge in [0, 0.05) is 0 Å². The number of nitrogens with two attached hydrogens (primary N) is 1. The van der Waals surface area contributed by atoms with E-state index in [-0.39, 0.29) is 5.91 Å². The number of amides is 1. The highest BCUT2D eigenvalue weighted by Gasteiger charge is 2.15. The van der Waals surface area contributed by atoms with Gasteiger partial charge >= 0.3 is 0 Å². The van der Waals surface area contributed by atoms with Crippen LogP contribution in [-0.2, 0) is 11.2 Å². The lowest BCUT2D eigenvalue weighted by Gasteiger charge is -2.15. The Morgan fingerprint density at radius 3 is 2.19 bits per heavy atom. The van der Waals surface area contributed by atoms with Gasteiger partial charge in [-0.3, -0.25) is 4.79 Å². The third-order valence-electron chi connectivity index (χ3n) is 3.50. The van der Waals surface area contributed by atoms with Crippen molar-refractivity contribution in [3.63, 3.8) is 0 Å². The molecule has 1 amide bonds. The largest absolute Gasteiger partial charge is 0.368 e. The van der Waals surface area contributed by atoms with Crippen molar-refractivity contribution in [2.45, 2.75) is 25.3 Å². The average molecular weight is 282 g/mol. The standard InChI is InChI=1S/C18H22N2O/c19-18(21)17(16-12-5-2-6-13-16)20-14-8-7-11-15-9-3-1-4-10-15/h1-6,9-10,12-13,17,20H,7-8,11,14H2,(H2,19,21). The maximum atomic E-state index is 11.5. The molecule has 2 aromatic carbocycles. The van der Waals surface area contributed by atoms with E-state index in [4.69, 9.17) is 5.73 Å². The fourth-order valence-electron chi connectivity index (χ4n) is 2.37. The van der Waals surface area contributed by atoms with E-state index in [9.17, 15) is 4.79 Å². The van der Waals surface area contributed by atoms with Crippen LogP contribution in [0.4, 0.5) is 0 Å². The van der Waals surface area contributed by atoms with Crippen LogP contribution in [0.2, 0.25) is 0 Å². The molecule has 0 radical (unpaired) electrons. The highest BCUT2D eigenvalue weighted by atomic mass is 16.1. The monoisotopic (exact) mass is 282 g/mol. The van der Waals surface area contributed by atoms with Gasteiger partial charge in [-0.25, -0.2) is 0 Å². The summed E-state index contributed by atoms with van der Waals surface area (Å²) in [5.74, 6) is -0.329. The summed E-state index contributed by atoms with van der Waals surface area (Å²) < 4.78 is 0. The van der Waals surface area contributed by atoms with Gasteiger partial charge in [0.15, 0.2) is 0 Å². The van der Waals surface area contributed by atoms with E-state index in [1.807, 2.05) is 36.4 Å². The van der Waals surface area contributed by atoms with Crippen molar-refractivity contribution in [1.29, 1.82) is 0 Å². The maximum absolute atomic E-state index is 11.5. The smallest absolute Gasteiger partial charge is 0.239 e. The van der Waals surface area contributed by atoms with Crippen molar-refractivity contribution >= 4 is 5.91 Å². The van der Waals surface area contributed by atoms with Gasteiger partial charge in [0.05, 0.1) is 0 Å². The second kappa shape index (κ2) is 8.22. The summed E-state index contributed by atoms with van der Waals surface area (Å²) in [5.41, 5.74) is 7.75. The van der Waals surface area contributed by atoms with Crippen molar-refractivity contribution < 1.29 is 4.79 Å². The summed E-state index contributed by atoms with van der Waals surface area (Å²) in [7, 11) is 0. The first-order valence-corrected chi connectivity index (χ1v) is 7.39. The van der Waals surface area contributed by atoms with Crippen LogP contribution in [0, 0.1) is 0 Å². The number of carbonyl (C=O) groups excluding carboxylic acids is 1. The number of hydrogen-bond acceptors (Lipinski definition) is 2. The Bertz CT molecular complexity index is 540. The normalized spacial score (nSPS) is 12.0. The van der Waals surface area contributed by atoms with E-state index in [0.29, 0.717) is 0 Å². The molecule has 3 heteroatoms. The van der Waals surface area contributed by atoms with E-state index >= 15 is 0 Å². The van der Waals surface area contributed by atoms with Crippen LogP contribution < -0.4 is 11.1 Å². The van der Waals surface area contributed by atoms with Gasteiger partial charge in [-0.2, -0.15) is 0 Å². The fourth-order valence-corrected chi connectivity index (χ4v) is 2.37. The first-order valence-electron chi connectivity index (χ1n) is 7.39. The van der Waals surface area contributed by atoms with Crippen LogP contribution in [0.3, 0.4) is 0 Å². The molecule has 0 saturated heterocycles. The molecule has 0 fully saturated rings. The fraction of sp³-hybridized carbons (Fsp3) is 0.278. The molecule has 0 aliphatic heterocycles. The van der Waals surface area contributed by atoms with Crippen LogP contribution in [0.15, 0.2) is 60.7 Å². The summed E-state index contributed by atoms with van der Waals surface area (Å²) in [6.07, 6.45) is 3.18. The van der Waals surface area contributed by atoms with E-state index < -0.39 is 6.04 Å². The number of aryl methyl sites for hydroxylation is 1. The van der Waals surface area contributed by atoms with Gasteiger partial charge in [-0.15, -0.1) is 0 Å². The number of hydrogen-bond donors (Lipinski definition) is 2. The van der Waals surface area contributed by atoms with Gasteiger partial charge in [-0.05, 0) is 36.9 Å². The molecule has 1 unspecified atom stereocenters. The van der Waals surface area contributed by atoms with E-state index in [2.05, 4.69) is 29.6 Å². The summed E-state index contributed by atoms with van der Waals surface area (Å²) in [6.45, 7) is 0.787. The number of unbranched alkanes of at least 4 members (excludes halogenated alkanes) is 1. The average Bonchev–Trinajstić information content (AvgIpc) is 2.52.